The van der Waals surface area contributed by atoms with Crippen molar-refractivity contribution in [2.24, 2.45) is 0 Å². The molecule has 0 saturated carbocycles. The molecule has 1 fully saturated rings. The zero-order valence-corrected chi connectivity index (χ0v) is 13.1. The van der Waals surface area contributed by atoms with Gasteiger partial charge in [0.05, 0.1) is 30.3 Å². The summed E-state index contributed by atoms with van der Waals surface area (Å²) in [5, 5.41) is 5.71. The average molecular weight is 326 g/mol. The summed E-state index contributed by atoms with van der Waals surface area (Å²) >= 11 is 5.93. The molecule has 0 unspecified atom stereocenters. The lowest BCUT2D eigenvalue weighted by atomic mass is 10.2. The maximum Gasteiger partial charge on any atom is 0.253 e. The fourth-order valence-corrected chi connectivity index (χ4v) is 2.36. The second-order valence-electron chi connectivity index (χ2n) is 4.97. The van der Waals surface area contributed by atoms with E-state index in [-0.39, 0.29) is 18.4 Å². The molecule has 22 heavy (non-hydrogen) atoms. The first-order chi connectivity index (χ1) is 10.7. The molecule has 2 rings (SSSR count). The Labute approximate surface area is 134 Å². The van der Waals surface area contributed by atoms with Crippen molar-refractivity contribution in [3.05, 3.63) is 34.9 Å². The van der Waals surface area contributed by atoms with E-state index in [1.807, 2.05) is 0 Å². The SMILES string of the molecule is O=C(CNC(=O)c1ccccc1Cl)NCCN1CCOCC1. The molecule has 0 aromatic heterocycles. The van der Waals surface area contributed by atoms with Crippen LogP contribution in [-0.4, -0.2) is 62.7 Å². The first kappa shape index (κ1) is 16.7. The van der Waals surface area contributed by atoms with Crippen LogP contribution in [0.25, 0.3) is 0 Å². The molecule has 0 spiro atoms. The van der Waals surface area contributed by atoms with Gasteiger partial charge in [-0.3, -0.25) is 14.5 Å². The third-order valence-corrected chi connectivity index (χ3v) is 3.71. The summed E-state index contributed by atoms with van der Waals surface area (Å²) in [6.07, 6.45) is 0. The van der Waals surface area contributed by atoms with Crippen LogP contribution in [0.1, 0.15) is 10.4 Å². The minimum absolute atomic E-state index is 0.0623. The molecule has 1 aromatic carbocycles. The van der Waals surface area contributed by atoms with Gasteiger partial charge in [0.1, 0.15) is 0 Å². The van der Waals surface area contributed by atoms with Gasteiger partial charge in [-0.05, 0) is 12.1 Å². The van der Waals surface area contributed by atoms with E-state index < -0.39 is 0 Å². The fourth-order valence-electron chi connectivity index (χ4n) is 2.14. The van der Waals surface area contributed by atoms with Crippen LogP contribution >= 0.6 is 11.6 Å². The molecule has 6 nitrogen and oxygen atoms in total. The van der Waals surface area contributed by atoms with E-state index in [1.165, 1.54) is 0 Å². The number of amides is 2. The third kappa shape index (κ3) is 5.29. The van der Waals surface area contributed by atoms with Gasteiger partial charge in [0.25, 0.3) is 5.91 Å². The zero-order valence-electron chi connectivity index (χ0n) is 12.3. The number of carbonyl (C=O) groups is 2. The number of ether oxygens (including phenoxy) is 1. The Morgan fingerprint density at radius 2 is 1.91 bits per heavy atom. The number of morpholine rings is 1. The summed E-state index contributed by atoms with van der Waals surface area (Å²) in [4.78, 5) is 25.8. The molecule has 1 saturated heterocycles. The van der Waals surface area contributed by atoms with Crippen LogP contribution in [0.5, 0.6) is 0 Å². The van der Waals surface area contributed by atoms with Crippen molar-refractivity contribution in [1.82, 2.24) is 15.5 Å². The number of nitrogens with one attached hydrogen (secondary N) is 2. The van der Waals surface area contributed by atoms with Crippen molar-refractivity contribution in [2.75, 3.05) is 45.9 Å². The lowest BCUT2D eigenvalue weighted by molar-refractivity contribution is -0.120. The van der Waals surface area contributed by atoms with Crippen molar-refractivity contribution in [3.8, 4) is 0 Å². The highest BCUT2D eigenvalue weighted by atomic mass is 35.5. The van der Waals surface area contributed by atoms with Gasteiger partial charge < -0.3 is 15.4 Å². The van der Waals surface area contributed by atoms with Crippen LogP contribution in [0.4, 0.5) is 0 Å². The summed E-state index contributed by atoms with van der Waals surface area (Å²) in [6.45, 7) is 4.53. The second-order valence-corrected chi connectivity index (χ2v) is 5.37. The van der Waals surface area contributed by atoms with Crippen LogP contribution in [0, 0.1) is 0 Å². The van der Waals surface area contributed by atoms with E-state index in [0.29, 0.717) is 17.1 Å². The number of hydrogen-bond acceptors (Lipinski definition) is 4. The van der Waals surface area contributed by atoms with Crippen LogP contribution < -0.4 is 10.6 Å². The molecule has 1 heterocycles. The normalized spacial score (nSPS) is 15.3. The molecule has 1 aromatic rings. The predicted octanol–water partition coefficient (Wildman–Crippen LogP) is 0.518. The summed E-state index contributed by atoms with van der Waals surface area (Å²) in [5.41, 5.74) is 0.366. The van der Waals surface area contributed by atoms with Gasteiger partial charge >= 0.3 is 0 Å². The second kappa shape index (κ2) is 8.73. The van der Waals surface area contributed by atoms with Gasteiger partial charge in [0.15, 0.2) is 0 Å². The van der Waals surface area contributed by atoms with E-state index in [4.69, 9.17) is 16.3 Å². The van der Waals surface area contributed by atoms with Crippen molar-refractivity contribution in [1.29, 1.82) is 0 Å². The predicted molar refractivity (Wildman–Crippen MR) is 84.1 cm³/mol. The zero-order chi connectivity index (χ0) is 15.8. The maximum atomic E-state index is 11.9. The van der Waals surface area contributed by atoms with Crippen LogP contribution in [0.15, 0.2) is 24.3 Å². The standard InChI is InChI=1S/C15H20ClN3O3/c16-13-4-2-1-3-12(13)15(21)18-11-14(20)17-5-6-19-7-9-22-10-8-19/h1-4H,5-11H2,(H,17,20)(H,18,21). The Morgan fingerprint density at radius 3 is 2.64 bits per heavy atom. The summed E-state index contributed by atoms with van der Waals surface area (Å²) in [6, 6.07) is 6.73. The smallest absolute Gasteiger partial charge is 0.253 e. The highest BCUT2D eigenvalue weighted by Gasteiger charge is 2.12. The van der Waals surface area contributed by atoms with Crippen molar-refractivity contribution in [3.63, 3.8) is 0 Å². The summed E-state index contributed by atoms with van der Waals surface area (Å²) < 4.78 is 5.26. The van der Waals surface area contributed by atoms with Crippen molar-refractivity contribution < 1.29 is 14.3 Å². The van der Waals surface area contributed by atoms with Gasteiger partial charge in [-0.2, -0.15) is 0 Å². The largest absolute Gasteiger partial charge is 0.379 e. The van der Waals surface area contributed by atoms with Gasteiger partial charge in [-0.1, -0.05) is 23.7 Å². The number of benzene rings is 1. The monoisotopic (exact) mass is 325 g/mol. The first-order valence-corrected chi connectivity index (χ1v) is 7.64. The van der Waals surface area contributed by atoms with Crippen molar-refractivity contribution >= 4 is 23.4 Å². The van der Waals surface area contributed by atoms with Crippen LogP contribution in [0.3, 0.4) is 0 Å². The van der Waals surface area contributed by atoms with Crippen LogP contribution in [0.2, 0.25) is 5.02 Å². The summed E-state index contributed by atoms with van der Waals surface area (Å²) in [7, 11) is 0. The minimum atomic E-state index is -0.353. The number of nitrogens with zero attached hydrogens (tertiary/aromatic N) is 1. The number of hydrogen-bond donors (Lipinski definition) is 2. The molecule has 7 heteroatoms. The van der Waals surface area contributed by atoms with Crippen molar-refractivity contribution in [2.45, 2.75) is 0 Å². The lowest BCUT2D eigenvalue weighted by Crippen LogP contribution is -2.43. The third-order valence-electron chi connectivity index (χ3n) is 3.38. The van der Waals surface area contributed by atoms with E-state index in [0.717, 1.165) is 32.8 Å². The molecule has 120 valence electrons. The molecule has 0 radical (unpaired) electrons. The van der Waals surface area contributed by atoms with Gasteiger partial charge in [-0.25, -0.2) is 0 Å². The van der Waals surface area contributed by atoms with E-state index in [9.17, 15) is 9.59 Å². The molecule has 1 aliphatic heterocycles. The Kier molecular flexibility index (Phi) is 6.64. The van der Waals surface area contributed by atoms with Gasteiger partial charge in [0, 0.05) is 26.2 Å². The molecule has 2 N–H and O–H groups in total. The summed E-state index contributed by atoms with van der Waals surface area (Å²) in [5.74, 6) is -0.567. The Balaban J connectivity index is 1.65. The topological polar surface area (TPSA) is 70.7 Å². The van der Waals surface area contributed by atoms with E-state index >= 15 is 0 Å². The lowest BCUT2D eigenvalue weighted by Gasteiger charge is -2.26. The quantitative estimate of drug-likeness (QED) is 0.800. The molecule has 0 aliphatic carbocycles. The highest BCUT2D eigenvalue weighted by molar-refractivity contribution is 6.33. The molecular weight excluding hydrogens is 306 g/mol. The van der Waals surface area contributed by atoms with Gasteiger partial charge in [0.2, 0.25) is 5.91 Å². The minimum Gasteiger partial charge on any atom is -0.379 e. The first-order valence-electron chi connectivity index (χ1n) is 7.26. The molecule has 2 amide bonds. The van der Waals surface area contributed by atoms with E-state index in [2.05, 4.69) is 15.5 Å². The highest BCUT2D eigenvalue weighted by Crippen LogP contribution is 2.14. The van der Waals surface area contributed by atoms with Crippen LogP contribution in [-0.2, 0) is 9.53 Å². The molecule has 0 atom stereocenters. The average Bonchev–Trinajstić information content (AvgIpc) is 2.54. The fraction of sp³-hybridized carbons (Fsp3) is 0.467. The number of carbonyl (C=O) groups excluding carboxylic acids is 2. The molecular formula is C15H20ClN3O3. The Bertz CT molecular complexity index is 519. The van der Waals surface area contributed by atoms with Gasteiger partial charge in [-0.15, -0.1) is 0 Å². The Hall–Kier alpha value is -1.63. The molecule has 1 aliphatic rings. The van der Waals surface area contributed by atoms with E-state index in [1.54, 1.807) is 24.3 Å². The maximum absolute atomic E-state index is 11.9. The number of halogens is 1. The molecule has 0 bridgehead atoms. The number of rotatable bonds is 6. The Morgan fingerprint density at radius 1 is 1.18 bits per heavy atom.